The number of aliphatic hydroxyl groups excluding tert-OH is 1. The van der Waals surface area contributed by atoms with E-state index in [1.165, 1.54) is 6.07 Å². The minimum absolute atomic E-state index is 0.277. The summed E-state index contributed by atoms with van der Waals surface area (Å²) in [7, 11) is 1.59. The van der Waals surface area contributed by atoms with Gasteiger partial charge in [-0.05, 0) is 45.8 Å². The average molecular weight is 404 g/mol. The zero-order chi connectivity index (χ0) is 14.7. The van der Waals surface area contributed by atoms with Crippen LogP contribution in [0.1, 0.15) is 17.2 Å². The van der Waals surface area contributed by atoms with Gasteiger partial charge in [0.25, 0.3) is 0 Å². The van der Waals surface area contributed by atoms with Gasteiger partial charge in [0.15, 0.2) is 0 Å². The van der Waals surface area contributed by atoms with E-state index in [1.54, 1.807) is 19.2 Å². The Hall–Kier alpha value is -0.910. The Kier molecular flexibility index (Phi) is 5.18. The largest absolute Gasteiger partial charge is 0.496 e. The van der Waals surface area contributed by atoms with Gasteiger partial charge >= 0.3 is 0 Å². The Morgan fingerprint density at radius 1 is 1.20 bits per heavy atom. The molecule has 0 saturated carbocycles. The molecule has 20 heavy (non-hydrogen) atoms. The SMILES string of the molecule is COc1ccc(CC(O)c2c(F)cccc2Br)cc1Br. The van der Waals surface area contributed by atoms with Crippen molar-refractivity contribution in [1.82, 2.24) is 0 Å². The lowest BCUT2D eigenvalue weighted by Crippen LogP contribution is -2.05. The minimum atomic E-state index is -0.911. The summed E-state index contributed by atoms with van der Waals surface area (Å²) >= 11 is 6.66. The minimum Gasteiger partial charge on any atom is -0.496 e. The lowest BCUT2D eigenvalue weighted by molar-refractivity contribution is 0.172. The van der Waals surface area contributed by atoms with Gasteiger partial charge in [0, 0.05) is 16.5 Å². The van der Waals surface area contributed by atoms with Crippen molar-refractivity contribution in [2.24, 2.45) is 0 Å². The molecule has 2 rings (SSSR count). The van der Waals surface area contributed by atoms with Crippen LogP contribution in [0.4, 0.5) is 4.39 Å². The molecule has 0 spiro atoms. The van der Waals surface area contributed by atoms with E-state index in [2.05, 4.69) is 31.9 Å². The molecule has 0 aliphatic rings. The Morgan fingerprint density at radius 2 is 1.95 bits per heavy atom. The van der Waals surface area contributed by atoms with Crippen molar-refractivity contribution in [3.05, 3.63) is 62.3 Å². The number of methoxy groups -OCH3 is 1. The molecule has 0 aliphatic heterocycles. The smallest absolute Gasteiger partial charge is 0.133 e. The molecule has 106 valence electrons. The highest BCUT2D eigenvalue weighted by Crippen LogP contribution is 2.31. The predicted molar refractivity (Wildman–Crippen MR) is 83.5 cm³/mol. The summed E-state index contributed by atoms with van der Waals surface area (Å²) in [6.07, 6.45) is -0.590. The van der Waals surface area contributed by atoms with E-state index in [-0.39, 0.29) is 5.56 Å². The van der Waals surface area contributed by atoms with Crippen LogP contribution in [-0.4, -0.2) is 12.2 Å². The van der Waals surface area contributed by atoms with Crippen LogP contribution in [0.3, 0.4) is 0 Å². The highest BCUT2D eigenvalue weighted by atomic mass is 79.9. The zero-order valence-electron chi connectivity index (χ0n) is 10.7. The molecule has 2 aromatic carbocycles. The third-order valence-electron chi connectivity index (χ3n) is 2.98. The number of ether oxygens (including phenoxy) is 1. The van der Waals surface area contributed by atoms with Gasteiger partial charge in [-0.1, -0.05) is 28.1 Å². The van der Waals surface area contributed by atoms with Gasteiger partial charge in [0.1, 0.15) is 11.6 Å². The highest BCUT2D eigenvalue weighted by molar-refractivity contribution is 9.10. The third kappa shape index (κ3) is 3.40. The summed E-state index contributed by atoms with van der Waals surface area (Å²) in [4.78, 5) is 0. The fourth-order valence-corrected chi connectivity index (χ4v) is 3.19. The average Bonchev–Trinajstić information content (AvgIpc) is 2.38. The lowest BCUT2D eigenvalue weighted by Gasteiger charge is -2.14. The van der Waals surface area contributed by atoms with Crippen LogP contribution < -0.4 is 4.74 Å². The van der Waals surface area contributed by atoms with Gasteiger partial charge in [-0.3, -0.25) is 0 Å². The van der Waals surface area contributed by atoms with Gasteiger partial charge in [0.05, 0.1) is 17.7 Å². The van der Waals surface area contributed by atoms with Crippen molar-refractivity contribution in [2.75, 3.05) is 7.11 Å². The molecule has 0 bridgehead atoms. The number of rotatable bonds is 4. The standard InChI is InChI=1S/C15H13Br2FO2/c1-20-14-6-5-9(7-11(14)17)8-13(19)15-10(16)3-2-4-12(15)18/h2-7,13,19H,8H2,1H3. The predicted octanol–water partition coefficient (Wildman–Crippen LogP) is 4.64. The first-order valence-electron chi connectivity index (χ1n) is 5.97. The van der Waals surface area contributed by atoms with Gasteiger partial charge in [-0.15, -0.1) is 0 Å². The van der Waals surface area contributed by atoms with Crippen LogP contribution >= 0.6 is 31.9 Å². The number of hydrogen-bond acceptors (Lipinski definition) is 2. The summed E-state index contributed by atoms with van der Waals surface area (Å²) in [5.41, 5.74) is 1.17. The molecule has 1 N–H and O–H groups in total. The highest BCUT2D eigenvalue weighted by Gasteiger charge is 2.17. The molecule has 0 fully saturated rings. The summed E-state index contributed by atoms with van der Waals surface area (Å²) in [6, 6.07) is 10.2. The number of hydrogen-bond donors (Lipinski definition) is 1. The van der Waals surface area contributed by atoms with E-state index in [1.807, 2.05) is 18.2 Å². The zero-order valence-corrected chi connectivity index (χ0v) is 13.9. The fraction of sp³-hybridized carbons (Fsp3) is 0.200. The maximum Gasteiger partial charge on any atom is 0.133 e. The van der Waals surface area contributed by atoms with Crippen LogP contribution in [0.25, 0.3) is 0 Å². The molecule has 0 aromatic heterocycles. The van der Waals surface area contributed by atoms with E-state index >= 15 is 0 Å². The van der Waals surface area contributed by atoms with E-state index in [0.29, 0.717) is 10.9 Å². The molecule has 5 heteroatoms. The summed E-state index contributed by atoms with van der Waals surface area (Å²) < 4.78 is 20.3. The molecule has 2 nitrogen and oxygen atoms in total. The van der Waals surface area contributed by atoms with Crippen molar-refractivity contribution in [3.63, 3.8) is 0 Å². The first-order valence-corrected chi connectivity index (χ1v) is 7.56. The van der Waals surface area contributed by atoms with Crippen LogP contribution in [-0.2, 0) is 6.42 Å². The molecule has 1 unspecified atom stereocenters. The van der Waals surface area contributed by atoms with E-state index < -0.39 is 11.9 Å². The fourth-order valence-electron chi connectivity index (χ4n) is 1.99. The number of aliphatic hydroxyl groups is 1. The molecule has 0 amide bonds. The first kappa shape index (κ1) is 15.5. The number of benzene rings is 2. The van der Waals surface area contributed by atoms with Crippen molar-refractivity contribution in [3.8, 4) is 5.75 Å². The second-order valence-electron chi connectivity index (χ2n) is 4.32. The first-order chi connectivity index (χ1) is 9.52. The summed E-state index contributed by atoms with van der Waals surface area (Å²) in [6.45, 7) is 0. The molecule has 0 aliphatic carbocycles. The molecule has 0 saturated heterocycles. The Balaban J connectivity index is 2.23. The van der Waals surface area contributed by atoms with Gasteiger partial charge in [-0.25, -0.2) is 4.39 Å². The van der Waals surface area contributed by atoms with Crippen LogP contribution in [0.2, 0.25) is 0 Å². The molecular formula is C15H13Br2FO2. The van der Waals surface area contributed by atoms with E-state index in [4.69, 9.17) is 4.74 Å². The quantitative estimate of drug-likeness (QED) is 0.805. The second-order valence-corrected chi connectivity index (χ2v) is 6.03. The van der Waals surface area contributed by atoms with Gasteiger partial charge in [0.2, 0.25) is 0 Å². The molecule has 2 aromatic rings. The third-order valence-corrected chi connectivity index (χ3v) is 4.29. The summed E-state index contributed by atoms with van der Waals surface area (Å²) in [5.74, 6) is 0.301. The second kappa shape index (κ2) is 6.70. The topological polar surface area (TPSA) is 29.5 Å². The van der Waals surface area contributed by atoms with Gasteiger partial charge < -0.3 is 9.84 Å². The van der Waals surface area contributed by atoms with Crippen molar-refractivity contribution < 1.29 is 14.2 Å². The van der Waals surface area contributed by atoms with E-state index in [0.717, 1.165) is 15.8 Å². The molecule has 0 heterocycles. The normalized spacial score (nSPS) is 12.2. The van der Waals surface area contributed by atoms with E-state index in [9.17, 15) is 9.50 Å². The maximum atomic E-state index is 13.8. The Morgan fingerprint density at radius 3 is 2.55 bits per heavy atom. The van der Waals surface area contributed by atoms with Crippen molar-refractivity contribution in [2.45, 2.75) is 12.5 Å². The monoisotopic (exact) mass is 402 g/mol. The van der Waals surface area contributed by atoms with Crippen LogP contribution in [0.5, 0.6) is 5.75 Å². The van der Waals surface area contributed by atoms with Crippen molar-refractivity contribution in [1.29, 1.82) is 0 Å². The maximum absolute atomic E-state index is 13.8. The Bertz CT molecular complexity index is 597. The number of halogens is 3. The van der Waals surface area contributed by atoms with Crippen LogP contribution in [0, 0.1) is 5.82 Å². The van der Waals surface area contributed by atoms with Crippen molar-refractivity contribution >= 4 is 31.9 Å². The van der Waals surface area contributed by atoms with Gasteiger partial charge in [-0.2, -0.15) is 0 Å². The Labute approximate surface area is 133 Å². The molecule has 0 radical (unpaired) electrons. The lowest BCUT2D eigenvalue weighted by atomic mass is 10.0. The van der Waals surface area contributed by atoms with Crippen LogP contribution in [0.15, 0.2) is 45.3 Å². The summed E-state index contributed by atoms with van der Waals surface area (Å²) in [5, 5.41) is 10.2. The molecule has 1 atom stereocenters. The molecular weight excluding hydrogens is 391 g/mol.